The summed E-state index contributed by atoms with van der Waals surface area (Å²) in [5.74, 6) is 0.754. The Morgan fingerprint density at radius 3 is 2.36 bits per heavy atom. The van der Waals surface area contributed by atoms with Crippen LogP contribution in [0, 0.1) is 13.8 Å². The van der Waals surface area contributed by atoms with Crippen molar-refractivity contribution < 1.29 is 14.3 Å². The second-order valence-electron chi connectivity index (χ2n) is 8.15. The maximum absolute atomic E-state index is 13.0. The van der Waals surface area contributed by atoms with Crippen LogP contribution in [0.3, 0.4) is 0 Å². The van der Waals surface area contributed by atoms with Crippen LogP contribution in [0.25, 0.3) is 5.69 Å². The van der Waals surface area contributed by atoms with Crippen LogP contribution in [0.15, 0.2) is 48.7 Å². The normalized spacial score (nSPS) is 13.8. The highest BCUT2D eigenvalue weighted by Gasteiger charge is 2.23. The Morgan fingerprint density at radius 2 is 1.73 bits per heavy atom. The summed E-state index contributed by atoms with van der Waals surface area (Å²) >= 11 is 0. The van der Waals surface area contributed by atoms with Gasteiger partial charge in [-0.1, -0.05) is 6.07 Å². The molecule has 33 heavy (non-hydrogen) atoms. The number of carbonyl (C=O) groups is 2. The molecule has 1 fully saturated rings. The molecule has 3 heterocycles. The third-order valence-electron chi connectivity index (χ3n) is 6.15. The molecular formula is C25H29N5O3. The zero-order valence-electron chi connectivity index (χ0n) is 19.3. The van der Waals surface area contributed by atoms with Crippen LogP contribution >= 0.6 is 0 Å². The van der Waals surface area contributed by atoms with E-state index in [2.05, 4.69) is 15.0 Å². The van der Waals surface area contributed by atoms with E-state index in [9.17, 15) is 9.59 Å². The second-order valence-corrected chi connectivity index (χ2v) is 8.15. The Balaban J connectivity index is 1.41. The van der Waals surface area contributed by atoms with Gasteiger partial charge >= 0.3 is 5.97 Å². The zero-order chi connectivity index (χ0) is 23.4. The minimum atomic E-state index is -0.231. The van der Waals surface area contributed by atoms with E-state index in [-0.39, 0.29) is 11.9 Å². The van der Waals surface area contributed by atoms with E-state index in [1.54, 1.807) is 6.20 Å². The minimum Gasteiger partial charge on any atom is -0.469 e. The number of benzene rings is 1. The molecule has 0 bridgehead atoms. The van der Waals surface area contributed by atoms with Crippen molar-refractivity contribution in [1.29, 1.82) is 0 Å². The molecule has 1 amide bonds. The molecule has 2 aromatic heterocycles. The molecule has 0 spiro atoms. The predicted octanol–water partition coefficient (Wildman–Crippen LogP) is 2.95. The molecule has 0 aliphatic carbocycles. The number of anilines is 1. The quantitative estimate of drug-likeness (QED) is 0.541. The number of piperazine rings is 1. The van der Waals surface area contributed by atoms with Gasteiger partial charge in [-0.2, -0.15) is 5.10 Å². The van der Waals surface area contributed by atoms with E-state index in [4.69, 9.17) is 4.74 Å². The van der Waals surface area contributed by atoms with Crippen LogP contribution < -0.4 is 4.90 Å². The van der Waals surface area contributed by atoms with Gasteiger partial charge in [-0.3, -0.25) is 9.59 Å². The van der Waals surface area contributed by atoms with Gasteiger partial charge < -0.3 is 14.5 Å². The first-order chi connectivity index (χ1) is 16.0. The second kappa shape index (κ2) is 9.85. The van der Waals surface area contributed by atoms with E-state index in [0.29, 0.717) is 31.5 Å². The standard InChI is InChI=1S/C25H29N5O3/c1-18-22(11-12-24(31)33-3)19(2)30(27-18)21-9-7-20(8-10-21)25(32)29-16-14-28(15-17-29)23-6-4-5-13-26-23/h4-10,13H,11-12,14-17H2,1-3H3. The number of nitrogens with zero attached hydrogens (tertiary/aromatic N) is 5. The van der Waals surface area contributed by atoms with Crippen molar-refractivity contribution in [2.75, 3.05) is 38.2 Å². The Kier molecular flexibility index (Phi) is 6.72. The molecule has 1 saturated heterocycles. The maximum Gasteiger partial charge on any atom is 0.305 e. The molecule has 3 aromatic rings. The largest absolute Gasteiger partial charge is 0.469 e. The zero-order valence-corrected chi connectivity index (χ0v) is 19.3. The van der Waals surface area contributed by atoms with Crippen molar-refractivity contribution in [2.45, 2.75) is 26.7 Å². The van der Waals surface area contributed by atoms with E-state index >= 15 is 0 Å². The number of hydrogen-bond acceptors (Lipinski definition) is 6. The van der Waals surface area contributed by atoms with Gasteiger partial charge in [-0.15, -0.1) is 0 Å². The summed E-state index contributed by atoms with van der Waals surface area (Å²) in [7, 11) is 1.40. The first-order valence-corrected chi connectivity index (χ1v) is 11.2. The summed E-state index contributed by atoms with van der Waals surface area (Å²) in [6, 6.07) is 13.4. The van der Waals surface area contributed by atoms with Crippen LogP contribution in [-0.2, 0) is 16.0 Å². The molecule has 1 aliphatic heterocycles. The lowest BCUT2D eigenvalue weighted by molar-refractivity contribution is -0.140. The molecule has 0 N–H and O–H groups in total. The van der Waals surface area contributed by atoms with E-state index in [1.165, 1.54) is 7.11 Å². The molecule has 172 valence electrons. The molecule has 1 aromatic carbocycles. The molecule has 8 heteroatoms. The lowest BCUT2D eigenvalue weighted by Gasteiger charge is -2.35. The fraction of sp³-hybridized carbons (Fsp3) is 0.360. The summed E-state index contributed by atoms with van der Waals surface area (Å²) < 4.78 is 6.61. The average molecular weight is 448 g/mol. The van der Waals surface area contributed by atoms with Gasteiger partial charge in [0.25, 0.3) is 5.91 Å². The number of aromatic nitrogens is 3. The molecule has 0 unspecified atom stereocenters. The van der Waals surface area contributed by atoms with Crippen molar-refractivity contribution in [2.24, 2.45) is 0 Å². The van der Waals surface area contributed by atoms with Crippen molar-refractivity contribution in [3.63, 3.8) is 0 Å². The molecule has 0 saturated carbocycles. The number of ether oxygens (including phenoxy) is 1. The van der Waals surface area contributed by atoms with Gasteiger partial charge in [0.15, 0.2) is 0 Å². The summed E-state index contributed by atoms with van der Waals surface area (Å²) in [5, 5.41) is 4.64. The average Bonchev–Trinajstić information content (AvgIpc) is 3.15. The Morgan fingerprint density at radius 1 is 1.00 bits per heavy atom. The minimum absolute atomic E-state index is 0.0364. The van der Waals surface area contributed by atoms with Gasteiger partial charge in [0.05, 0.1) is 18.5 Å². The molecule has 4 rings (SSSR count). The number of esters is 1. The molecule has 1 aliphatic rings. The highest BCUT2D eigenvalue weighted by molar-refractivity contribution is 5.94. The molecule has 8 nitrogen and oxygen atoms in total. The van der Waals surface area contributed by atoms with E-state index in [0.717, 1.165) is 41.5 Å². The van der Waals surface area contributed by atoms with Gasteiger partial charge in [-0.05, 0) is 62.2 Å². The fourth-order valence-electron chi connectivity index (χ4n) is 4.22. The van der Waals surface area contributed by atoms with Crippen LogP contribution in [0.4, 0.5) is 5.82 Å². The topological polar surface area (TPSA) is 80.6 Å². The number of methoxy groups -OCH3 is 1. The first kappa shape index (κ1) is 22.5. The third kappa shape index (κ3) is 4.89. The summed E-state index contributed by atoms with van der Waals surface area (Å²) in [4.78, 5) is 33.0. The molecular weight excluding hydrogens is 418 g/mol. The van der Waals surface area contributed by atoms with Crippen LogP contribution in [0.1, 0.15) is 33.7 Å². The number of amides is 1. The summed E-state index contributed by atoms with van der Waals surface area (Å²) in [6.07, 6.45) is 2.70. The van der Waals surface area contributed by atoms with Crippen molar-refractivity contribution >= 4 is 17.7 Å². The van der Waals surface area contributed by atoms with Crippen molar-refractivity contribution in [1.82, 2.24) is 19.7 Å². The van der Waals surface area contributed by atoms with Gasteiger partial charge in [-0.25, -0.2) is 9.67 Å². The summed E-state index contributed by atoms with van der Waals surface area (Å²) in [6.45, 7) is 6.80. The lowest BCUT2D eigenvalue weighted by atomic mass is 10.1. The number of aryl methyl sites for hydroxylation is 1. The van der Waals surface area contributed by atoms with E-state index in [1.807, 2.05) is 65.9 Å². The number of rotatable bonds is 6. The Bertz CT molecular complexity index is 1120. The monoisotopic (exact) mass is 447 g/mol. The van der Waals surface area contributed by atoms with Gasteiger partial charge in [0, 0.05) is 50.1 Å². The highest BCUT2D eigenvalue weighted by Crippen LogP contribution is 2.21. The van der Waals surface area contributed by atoms with Gasteiger partial charge in [0.1, 0.15) is 5.82 Å². The summed E-state index contributed by atoms with van der Waals surface area (Å²) in [5.41, 5.74) is 4.48. The van der Waals surface area contributed by atoms with Crippen LogP contribution in [-0.4, -0.2) is 64.8 Å². The fourth-order valence-corrected chi connectivity index (χ4v) is 4.22. The molecule has 0 atom stereocenters. The van der Waals surface area contributed by atoms with E-state index < -0.39 is 0 Å². The number of carbonyl (C=O) groups excluding carboxylic acids is 2. The van der Waals surface area contributed by atoms with Crippen LogP contribution in [0.5, 0.6) is 0 Å². The van der Waals surface area contributed by atoms with Crippen LogP contribution in [0.2, 0.25) is 0 Å². The Labute approximate surface area is 193 Å². The predicted molar refractivity (Wildman–Crippen MR) is 126 cm³/mol. The third-order valence-corrected chi connectivity index (χ3v) is 6.15. The maximum atomic E-state index is 13.0. The van der Waals surface area contributed by atoms with Crippen molar-refractivity contribution in [3.05, 3.63) is 71.2 Å². The smallest absolute Gasteiger partial charge is 0.305 e. The molecule has 0 radical (unpaired) electrons. The SMILES string of the molecule is COC(=O)CCc1c(C)nn(-c2ccc(C(=O)N3CCN(c4ccccn4)CC3)cc2)c1C. The first-order valence-electron chi connectivity index (χ1n) is 11.2. The van der Waals surface area contributed by atoms with Gasteiger partial charge in [0.2, 0.25) is 0 Å². The highest BCUT2D eigenvalue weighted by atomic mass is 16.5. The lowest BCUT2D eigenvalue weighted by Crippen LogP contribution is -2.49. The number of hydrogen-bond donors (Lipinski definition) is 0. The Hall–Kier alpha value is -3.68. The van der Waals surface area contributed by atoms with Crippen molar-refractivity contribution in [3.8, 4) is 5.69 Å². The number of pyridine rings is 1.